The zero-order chi connectivity index (χ0) is 16.6. The van der Waals surface area contributed by atoms with E-state index in [1.54, 1.807) is 30.3 Å². The van der Waals surface area contributed by atoms with Crippen LogP contribution in [0, 0.1) is 0 Å². The molecule has 0 aliphatic carbocycles. The van der Waals surface area contributed by atoms with E-state index in [9.17, 15) is 14.4 Å². The van der Waals surface area contributed by atoms with Gasteiger partial charge in [0.1, 0.15) is 6.61 Å². The number of nitrogens with one attached hydrogen (secondary N) is 1. The molecule has 1 N–H and O–H groups in total. The van der Waals surface area contributed by atoms with Gasteiger partial charge in [-0.15, -0.1) is 0 Å². The minimum absolute atomic E-state index is 0.00693. The van der Waals surface area contributed by atoms with Crippen molar-refractivity contribution in [1.82, 2.24) is 5.32 Å². The van der Waals surface area contributed by atoms with Gasteiger partial charge < -0.3 is 14.8 Å². The number of hydrogen-bond donors (Lipinski definition) is 1. The Morgan fingerprint density at radius 2 is 1.86 bits per heavy atom. The van der Waals surface area contributed by atoms with Crippen molar-refractivity contribution in [3.8, 4) is 0 Å². The molecule has 0 spiro atoms. The second kappa shape index (κ2) is 7.97. The summed E-state index contributed by atoms with van der Waals surface area (Å²) in [6.07, 6.45) is 0.267. The van der Waals surface area contributed by atoms with E-state index in [-0.39, 0.29) is 18.9 Å². The van der Waals surface area contributed by atoms with E-state index in [1.165, 1.54) is 13.8 Å². The normalized spacial score (nSPS) is 10.5. The zero-order valence-corrected chi connectivity index (χ0v) is 12.6. The smallest absolute Gasteiger partial charge is 0.408 e. The van der Waals surface area contributed by atoms with Crippen LogP contribution in [0.25, 0.3) is 0 Å². The number of rotatable bonds is 7. The van der Waals surface area contributed by atoms with Crippen LogP contribution in [0.15, 0.2) is 43.0 Å². The lowest BCUT2D eigenvalue weighted by molar-refractivity contribution is -0.137. The van der Waals surface area contributed by atoms with Crippen LogP contribution in [0.3, 0.4) is 0 Å². The van der Waals surface area contributed by atoms with E-state index in [2.05, 4.69) is 11.9 Å². The third kappa shape index (κ3) is 5.40. The topological polar surface area (TPSA) is 81.7 Å². The quantitative estimate of drug-likeness (QED) is 0.361. The van der Waals surface area contributed by atoms with Crippen LogP contribution in [0.2, 0.25) is 0 Å². The largest absolute Gasteiger partial charge is 0.461 e. The summed E-state index contributed by atoms with van der Waals surface area (Å²) >= 11 is 0. The molecule has 0 aliphatic heterocycles. The van der Waals surface area contributed by atoms with Crippen molar-refractivity contribution in [2.24, 2.45) is 0 Å². The van der Waals surface area contributed by atoms with Crippen molar-refractivity contribution < 1.29 is 23.9 Å². The SMILES string of the molecule is C=CC(=O)OCCNC(=O)OC(C)(C)C(=O)c1ccccc1. The number of carbonyl (C=O) groups is 3. The molecule has 0 saturated heterocycles. The van der Waals surface area contributed by atoms with Crippen LogP contribution in [0.1, 0.15) is 24.2 Å². The summed E-state index contributed by atoms with van der Waals surface area (Å²) in [6.45, 7) is 6.34. The molecule has 0 unspecified atom stereocenters. The maximum Gasteiger partial charge on any atom is 0.408 e. The van der Waals surface area contributed by atoms with Crippen molar-refractivity contribution in [3.05, 3.63) is 48.6 Å². The third-order valence-electron chi connectivity index (χ3n) is 2.71. The molecule has 0 saturated carbocycles. The van der Waals surface area contributed by atoms with Crippen LogP contribution in [-0.4, -0.2) is 36.6 Å². The molecule has 118 valence electrons. The van der Waals surface area contributed by atoms with Gasteiger partial charge in [-0.1, -0.05) is 36.9 Å². The van der Waals surface area contributed by atoms with Crippen molar-refractivity contribution in [2.45, 2.75) is 19.4 Å². The molecule has 0 fully saturated rings. The summed E-state index contributed by atoms with van der Waals surface area (Å²) in [5.41, 5.74) is -0.844. The van der Waals surface area contributed by atoms with E-state index >= 15 is 0 Å². The maximum absolute atomic E-state index is 12.3. The first-order valence-electron chi connectivity index (χ1n) is 6.72. The van der Waals surface area contributed by atoms with Crippen molar-refractivity contribution in [3.63, 3.8) is 0 Å². The Bertz CT molecular complexity index is 551. The van der Waals surface area contributed by atoms with Crippen molar-refractivity contribution in [2.75, 3.05) is 13.2 Å². The molecule has 0 aliphatic rings. The van der Waals surface area contributed by atoms with Gasteiger partial charge in [0.2, 0.25) is 5.78 Å². The summed E-state index contributed by atoms with van der Waals surface area (Å²) in [6, 6.07) is 8.57. The molecule has 0 radical (unpaired) electrons. The number of Topliss-reactive ketones (excluding diaryl/α,β-unsaturated/α-hetero) is 1. The van der Waals surface area contributed by atoms with Crippen LogP contribution >= 0.6 is 0 Å². The summed E-state index contributed by atoms with van der Waals surface area (Å²) in [5.74, 6) is -0.879. The fourth-order valence-corrected chi connectivity index (χ4v) is 1.61. The van der Waals surface area contributed by atoms with Gasteiger partial charge in [0.15, 0.2) is 5.60 Å². The minimum Gasteiger partial charge on any atom is -0.461 e. The predicted octanol–water partition coefficient (Wildman–Crippen LogP) is 2.10. The van der Waals surface area contributed by atoms with Crippen molar-refractivity contribution >= 4 is 17.8 Å². The Morgan fingerprint density at radius 1 is 1.23 bits per heavy atom. The van der Waals surface area contributed by atoms with Crippen LogP contribution in [-0.2, 0) is 14.3 Å². The molecule has 22 heavy (non-hydrogen) atoms. The number of alkyl carbamates (subject to hydrolysis) is 1. The van der Waals surface area contributed by atoms with Crippen LogP contribution < -0.4 is 5.32 Å². The summed E-state index contributed by atoms with van der Waals surface area (Å²) in [4.78, 5) is 34.7. The van der Waals surface area contributed by atoms with Gasteiger partial charge in [0.25, 0.3) is 0 Å². The van der Waals surface area contributed by atoms with E-state index in [0.717, 1.165) is 6.08 Å². The number of carbonyl (C=O) groups excluding carboxylic acids is 3. The lowest BCUT2D eigenvalue weighted by Gasteiger charge is -2.23. The van der Waals surface area contributed by atoms with Gasteiger partial charge in [-0.3, -0.25) is 4.79 Å². The summed E-state index contributed by atoms with van der Waals surface area (Å²) in [5, 5.41) is 2.40. The highest BCUT2D eigenvalue weighted by atomic mass is 16.6. The van der Waals surface area contributed by atoms with E-state index in [4.69, 9.17) is 9.47 Å². The van der Waals surface area contributed by atoms with Gasteiger partial charge in [-0.25, -0.2) is 9.59 Å². The highest BCUT2D eigenvalue weighted by molar-refractivity contribution is 6.02. The van der Waals surface area contributed by atoms with Crippen molar-refractivity contribution in [1.29, 1.82) is 0 Å². The van der Waals surface area contributed by atoms with E-state index in [0.29, 0.717) is 5.56 Å². The lowest BCUT2D eigenvalue weighted by Crippen LogP contribution is -2.41. The molecule has 6 heteroatoms. The van der Waals surface area contributed by atoms with Crippen LogP contribution in [0.5, 0.6) is 0 Å². The number of hydrogen-bond acceptors (Lipinski definition) is 5. The van der Waals surface area contributed by atoms with Gasteiger partial charge in [0, 0.05) is 11.6 Å². The Morgan fingerprint density at radius 3 is 2.45 bits per heavy atom. The summed E-state index contributed by atoms with van der Waals surface area (Å²) in [7, 11) is 0. The van der Waals surface area contributed by atoms with Gasteiger partial charge >= 0.3 is 12.1 Å². The number of ether oxygens (including phenoxy) is 2. The predicted molar refractivity (Wildman–Crippen MR) is 80.5 cm³/mol. The number of esters is 1. The van der Waals surface area contributed by atoms with Crippen LogP contribution in [0.4, 0.5) is 4.79 Å². The fourth-order valence-electron chi connectivity index (χ4n) is 1.61. The second-order valence-corrected chi connectivity index (χ2v) is 4.89. The third-order valence-corrected chi connectivity index (χ3v) is 2.71. The number of amides is 1. The monoisotopic (exact) mass is 305 g/mol. The molecular weight excluding hydrogens is 286 g/mol. The van der Waals surface area contributed by atoms with E-state index in [1.807, 2.05) is 0 Å². The first-order valence-corrected chi connectivity index (χ1v) is 6.72. The van der Waals surface area contributed by atoms with Gasteiger partial charge in [-0.2, -0.15) is 0 Å². The molecule has 0 atom stereocenters. The highest BCUT2D eigenvalue weighted by Crippen LogP contribution is 2.17. The molecule has 1 amide bonds. The summed E-state index contributed by atoms with van der Waals surface area (Å²) < 4.78 is 9.82. The average Bonchev–Trinajstić information content (AvgIpc) is 2.50. The minimum atomic E-state index is -1.30. The average molecular weight is 305 g/mol. The molecule has 0 aromatic heterocycles. The number of ketones is 1. The Hall–Kier alpha value is -2.63. The molecule has 0 bridgehead atoms. The molecule has 0 heterocycles. The molecule has 1 rings (SSSR count). The Balaban J connectivity index is 2.46. The Kier molecular flexibility index (Phi) is 6.31. The Labute approximate surface area is 129 Å². The maximum atomic E-state index is 12.3. The second-order valence-electron chi connectivity index (χ2n) is 4.89. The standard InChI is InChI=1S/C16H19NO5/c1-4-13(18)21-11-10-17-15(20)22-16(2,3)14(19)12-8-6-5-7-9-12/h4-9H,1,10-11H2,2-3H3,(H,17,20). The molecular formula is C16H19NO5. The molecule has 1 aromatic rings. The lowest BCUT2D eigenvalue weighted by atomic mass is 9.97. The zero-order valence-electron chi connectivity index (χ0n) is 12.6. The highest BCUT2D eigenvalue weighted by Gasteiger charge is 2.32. The fraction of sp³-hybridized carbons (Fsp3) is 0.312. The van der Waals surface area contributed by atoms with Gasteiger partial charge in [0.05, 0.1) is 6.54 Å². The van der Waals surface area contributed by atoms with Gasteiger partial charge in [-0.05, 0) is 13.8 Å². The number of benzene rings is 1. The van der Waals surface area contributed by atoms with E-state index < -0.39 is 17.7 Å². The molecule has 1 aromatic carbocycles. The molecule has 6 nitrogen and oxygen atoms in total. The first-order chi connectivity index (χ1) is 10.4. The first kappa shape index (κ1) is 17.4.